The van der Waals surface area contributed by atoms with Crippen LogP contribution in [0.1, 0.15) is 380 Å². The lowest BCUT2D eigenvalue weighted by Crippen LogP contribution is -2.30. The fourth-order valence-corrected chi connectivity index (χ4v) is 13.7. The summed E-state index contributed by atoms with van der Waals surface area (Å²) in [7, 11) is -9.79. The molecule has 5 unspecified atom stereocenters. The van der Waals surface area contributed by atoms with Gasteiger partial charge in [0.05, 0.1) is 26.4 Å². The Hall–Kier alpha value is -4.31. The van der Waals surface area contributed by atoms with Crippen LogP contribution >= 0.6 is 15.6 Å². The fraction of sp³-hybridized carbons (Fsp3) is 0.731. The zero-order valence-electron chi connectivity index (χ0n) is 70.4. The second-order valence-electron chi connectivity index (χ2n) is 29.6. The SMILES string of the molecule is CC/C=C\C/C=C\C/C=C\C/C=C\C/C=C\CCCCCCCCCCCCCCCCCCCCCC(=O)OCC(O)COP(=O)(O)OCC(O)COP(=O)(O)OCC(COC(=O)CCCCCCCCCCCCCCC/C=C\C/C=C\C/C=C\C/C=C\C/C=C\CC)OC(=O)CCCCCCC/C=C\CCCC. The number of hydrogen-bond donors (Lipinski definition) is 4. The molecule has 4 N–H and O–H groups in total. The minimum Gasteiger partial charge on any atom is -0.463 e. The number of aliphatic hydroxyl groups is 2. The minimum absolute atomic E-state index is 0.0940. The van der Waals surface area contributed by atoms with Crippen molar-refractivity contribution in [1.82, 2.24) is 0 Å². The number of unbranched alkanes of at least 4 members (excludes halogenated alkanes) is 39. The third-order valence-electron chi connectivity index (χ3n) is 18.8. The van der Waals surface area contributed by atoms with Crippen molar-refractivity contribution >= 4 is 33.6 Å². The first-order chi connectivity index (χ1) is 54.2. The molecule has 0 radical (unpaired) electrons. The molecule has 16 nitrogen and oxygen atoms in total. The van der Waals surface area contributed by atoms with Crippen LogP contribution in [0, 0.1) is 0 Å². The predicted octanol–water partition coefficient (Wildman–Crippen LogP) is 27.0. The molecule has 18 heteroatoms. The van der Waals surface area contributed by atoms with E-state index in [0.29, 0.717) is 19.3 Å². The van der Waals surface area contributed by atoms with Crippen molar-refractivity contribution < 1.29 is 75.8 Å². The number of aliphatic hydroxyl groups excluding tert-OH is 2. The number of rotatable bonds is 84. The summed E-state index contributed by atoms with van der Waals surface area (Å²) < 4.78 is 61.2. The van der Waals surface area contributed by atoms with Gasteiger partial charge in [0.25, 0.3) is 0 Å². The van der Waals surface area contributed by atoms with Crippen molar-refractivity contribution in [3.63, 3.8) is 0 Å². The van der Waals surface area contributed by atoms with Crippen molar-refractivity contribution in [3.05, 3.63) is 134 Å². The first kappa shape index (κ1) is 107. The van der Waals surface area contributed by atoms with Gasteiger partial charge in [0, 0.05) is 19.3 Å². The van der Waals surface area contributed by atoms with Crippen molar-refractivity contribution in [1.29, 1.82) is 0 Å². The van der Waals surface area contributed by atoms with Crippen LogP contribution in [0.25, 0.3) is 0 Å². The van der Waals surface area contributed by atoms with E-state index >= 15 is 0 Å². The molecular weight excluding hydrogens is 1430 g/mol. The summed E-state index contributed by atoms with van der Waals surface area (Å²) in [4.78, 5) is 58.7. The minimum atomic E-state index is -4.93. The highest BCUT2D eigenvalue weighted by Gasteiger charge is 2.29. The predicted molar refractivity (Wildman–Crippen MR) is 463 cm³/mol. The summed E-state index contributed by atoms with van der Waals surface area (Å²) in [5, 5.41) is 20.7. The zero-order chi connectivity index (χ0) is 80.8. The number of carbonyl (C=O) groups is 3. The molecule has 0 aromatic heterocycles. The van der Waals surface area contributed by atoms with Crippen LogP contribution in [0.3, 0.4) is 0 Å². The van der Waals surface area contributed by atoms with Gasteiger partial charge < -0.3 is 34.2 Å². The van der Waals surface area contributed by atoms with Gasteiger partial charge in [0.2, 0.25) is 0 Å². The molecule has 0 aliphatic rings. The maximum atomic E-state index is 12.9. The lowest BCUT2D eigenvalue weighted by molar-refractivity contribution is -0.161. The molecule has 0 aliphatic heterocycles. The Kier molecular flexibility index (Phi) is 81.8. The highest BCUT2D eigenvalue weighted by Crippen LogP contribution is 2.45. The molecule has 0 saturated heterocycles. The summed E-state index contributed by atoms with van der Waals surface area (Å²) in [5.74, 6) is -1.57. The van der Waals surface area contributed by atoms with Crippen molar-refractivity contribution in [2.75, 3.05) is 39.6 Å². The summed E-state index contributed by atoms with van der Waals surface area (Å²) in [6.45, 7) is 2.45. The van der Waals surface area contributed by atoms with Gasteiger partial charge in [-0.3, -0.25) is 32.5 Å². The number of phosphoric ester groups is 2. The van der Waals surface area contributed by atoms with Crippen LogP contribution in [-0.2, 0) is 55.8 Å². The van der Waals surface area contributed by atoms with E-state index in [4.69, 9.17) is 32.3 Å². The molecular formula is C93H162O16P2. The van der Waals surface area contributed by atoms with E-state index in [1.165, 1.54) is 167 Å². The van der Waals surface area contributed by atoms with Gasteiger partial charge in [-0.25, -0.2) is 9.13 Å². The Morgan fingerprint density at radius 1 is 0.261 bits per heavy atom. The Bertz CT molecular complexity index is 2550. The van der Waals surface area contributed by atoms with Crippen LogP contribution in [-0.4, -0.2) is 95.9 Å². The average Bonchev–Trinajstić information content (AvgIpc) is 0.898. The van der Waals surface area contributed by atoms with E-state index in [2.05, 4.69) is 154 Å². The highest BCUT2D eigenvalue weighted by atomic mass is 31.2. The van der Waals surface area contributed by atoms with Crippen LogP contribution < -0.4 is 0 Å². The molecule has 0 aromatic rings. The summed E-state index contributed by atoms with van der Waals surface area (Å²) in [5.41, 5.74) is 0. The second-order valence-corrected chi connectivity index (χ2v) is 32.5. The van der Waals surface area contributed by atoms with Crippen molar-refractivity contribution in [3.8, 4) is 0 Å². The van der Waals surface area contributed by atoms with Gasteiger partial charge in [-0.1, -0.05) is 366 Å². The van der Waals surface area contributed by atoms with E-state index in [-0.39, 0.29) is 19.3 Å². The lowest BCUT2D eigenvalue weighted by Gasteiger charge is -2.21. The quantitative estimate of drug-likeness (QED) is 0.0146. The largest absolute Gasteiger partial charge is 0.472 e. The Balaban J connectivity index is 4.32. The number of esters is 3. The van der Waals surface area contributed by atoms with Gasteiger partial charge >= 0.3 is 33.6 Å². The molecule has 5 atom stereocenters. The monoisotopic (exact) mass is 1600 g/mol. The standard InChI is InChI=1S/C93H162O16P2/c1-4-7-10-13-16-19-22-24-26-28-30-32-34-36-38-40-41-42-43-44-45-47-49-50-52-54-56-58-60-62-65-67-70-73-76-79-91(96)103-82-88(94)83-105-110(99,100)106-84-89(95)85-107-111(101,102)108-87-90(109-93(98)81-78-75-72-69-64-21-18-15-12-9-6-3)86-104-92(97)80-77-74-71-68-66-63-61-59-57-55-53-51-48-46-39-37-35-33-31-29-27-25-23-20-17-14-11-8-5-2/h7-8,10-11,15-20,24-27,30-33,36-39,88-90,94-95H,4-6,9,12-14,21-23,28-29,34-35,40-87H2,1-3H3,(H,99,100)(H,101,102)/b10-7-,11-8-,18-15-,19-16-,20-17-,26-24-,27-25-,32-30-,33-31-,38-36-,39-37-. The van der Waals surface area contributed by atoms with Crippen LogP contribution in [0.15, 0.2) is 134 Å². The molecule has 0 amide bonds. The van der Waals surface area contributed by atoms with Gasteiger partial charge in [0.1, 0.15) is 25.4 Å². The topological polar surface area (TPSA) is 231 Å². The van der Waals surface area contributed by atoms with Gasteiger partial charge in [-0.2, -0.15) is 0 Å². The number of carbonyl (C=O) groups excluding carboxylic acids is 3. The molecule has 0 fully saturated rings. The van der Waals surface area contributed by atoms with E-state index in [1.807, 2.05) is 0 Å². The average molecular weight is 1600 g/mol. The smallest absolute Gasteiger partial charge is 0.463 e. The van der Waals surface area contributed by atoms with Crippen LogP contribution in [0.4, 0.5) is 0 Å². The summed E-state index contributed by atoms with van der Waals surface area (Å²) in [6, 6.07) is 0. The second kappa shape index (κ2) is 85.1. The van der Waals surface area contributed by atoms with Crippen molar-refractivity contribution in [2.45, 2.75) is 399 Å². The number of phosphoric acid groups is 2. The molecule has 0 saturated carbocycles. The van der Waals surface area contributed by atoms with E-state index in [9.17, 15) is 43.5 Å². The van der Waals surface area contributed by atoms with E-state index in [1.54, 1.807) is 0 Å². The third kappa shape index (κ3) is 86.4. The molecule has 0 heterocycles. The molecule has 640 valence electrons. The Morgan fingerprint density at radius 3 is 0.766 bits per heavy atom. The first-order valence-corrected chi connectivity index (χ1v) is 47.5. The maximum absolute atomic E-state index is 12.9. The normalized spacial score (nSPS) is 14.5. The number of hydrogen-bond acceptors (Lipinski definition) is 14. The van der Waals surface area contributed by atoms with Crippen molar-refractivity contribution in [2.24, 2.45) is 0 Å². The maximum Gasteiger partial charge on any atom is 0.472 e. The third-order valence-corrected chi connectivity index (χ3v) is 20.7. The molecule has 0 bridgehead atoms. The Labute approximate surface area is 677 Å². The van der Waals surface area contributed by atoms with Gasteiger partial charge in [-0.05, 0) is 128 Å². The van der Waals surface area contributed by atoms with E-state index < -0.39 is 91.5 Å². The highest BCUT2D eigenvalue weighted by molar-refractivity contribution is 7.47. The summed E-state index contributed by atoms with van der Waals surface area (Å²) in [6.07, 6.45) is 105. The van der Waals surface area contributed by atoms with Gasteiger partial charge in [0.15, 0.2) is 6.10 Å². The molecule has 0 spiro atoms. The molecule has 0 aliphatic carbocycles. The van der Waals surface area contributed by atoms with E-state index in [0.717, 1.165) is 154 Å². The van der Waals surface area contributed by atoms with Crippen LogP contribution in [0.5, 0.6) is 0 Å². The van der Waals surface area contributed by atoms with Gasteiger partial charge in [-0.15, -0.1) is 0 Å². The molecule has 0 rings (SSSR count). The summed E-state index contributed by atoms with van der Waals surface area (Å²) >= 11 is 0. The Morgan fingerprint density at radius 2 is 0.477 bits per heavy atom. The number of ether oxygens (including phenoxy) is 3. The van der Waals surface area contributed by atoms with Crippen LogP contribution in [0.2, 0.25) is 0 Å². The molecule has 111 heavy (non-hydrogen) atoms. The number of allylic oxidation sites excluding steroid dienone is 22. The first-order valence-electron chi connectivity index (χ1n) is 44.5. The zero-order valence-corrected chi connectivity index (χ0v) is 72.1. The molecule has 0 aromatic carbocycles. The fourth-order valence-electron chi connectivity index (χ4n) is 12.1. The lowest BCUT2D eigenvalue weighted by atomic mass is 10.0.